The highest BCUT2D eigenvalue weighted by molar-refractivity contribution is 7.80. The molecule has 2 amide bonds. The number of thiocarbonyl (C=S) groups is 1. The van der Waals surface area contributed by atoms with Crippen LogP contribution in [0.2, 0.25) is 5.02 Å². The number of anilines is 1. The van der Waals surface area contributed by atoms with Crippen LogP contribution in [0.1, 0.15) is 11.1 Å². The number of hydrogen-bond donors (Lipinski definition) is 2. The van der Waals surface area contributed by atoms with E-state index in [1.165, 1.54) is 11.0 Å². The average molecular weight is 454 g/mol. The van der Waals surface area contributed by atoms with Gasteiger partial charge in [0, 0.05) is 27.7 Å². The summed E-state index contributed by atoms with van der Waals surface area (Å²) in [5.74, 6) is -2.22. The number of para-hydroxylation sites is 1. The van der Waals surface area contributed by atoms with Crippen molar-refractivity contribution < 1.29 is 19.5 Å². The smallest absolute Gasteiger partial charge is 0.323 e. The highest BCUT2D eigenvalue weighted by atomic mass is 35.5. The van der Waals surface area contributed by atoms with Crippen LogP contribution in [-0.4, -0.2) is 32.6 Å². The zero-order valence-corrected chi connectivity index (χ0v) is 17.8. The minimum absolute atomic E-state index is 0.0413. The minimum atomic E-state index is -1.00. The quantitative estimate of drug-likeness (QED) is 0.358. The third-order valence-electron chi connectivity index (χ3n) is 4.94. The summed E-state index contributed by atoms with van der Waals surface area (Å²) in [5.41, 5.74) is 2.38. The first-order chi connectivity index (χ1) is 14.8. The molecule has 3 aromatic rings. The topological polar surface area (TPSA) is 91.6 Å². The van der Waals surface area contributed by atoms with E-state index in [-0.39, 0.29) is 17.2 Å². The summed E-state index contributed by atoms with van der Waals surface area (Å²) in [6.45, 7) is 1.59. The number of hydrogen-bond acceptors (Lipinski definition) is 4. The predicted octanol–water partition coefficient (Wildman–Crippen LogP) is 3.52. The molecule has 156 valence electrons. The Kier molecular flexibility index (Phi) is 5.34. The number of carboxylic acid groups (broad SMARTS) is 1. The van der Waals surface area contributed by atoms with Crippen molar-refractivity contribution in [1.29, 1.82) is 0 Å². The Balaban J connectivity index is 1.81. The van der Waals surface area contributed by atoms with Crippen LogP contribution in [-0.2, 0) is 20.9 Å². The maximum atomic E-state index is 13.2. The van der Waals surface area contributed by atoms with Gasteiger partial charge in [0.25, 0.3) is 11.8 Å². The van der Waals surface area contributed by atoms with Gasteiger partial charge < -0.3 is 9.67 Å². The third-order valence-corrected chi connectivity index (χ3v) is 5.63. The van der Waals surface area contributed by atoms with Gasteiger partial charge in [-0.3, -0.25) is 24.6 Å². The zero-order valence-electron chi connectivity index (χ0n) is 16.3. The number of aliphatic carboxylic acids is 1. The van der Waals surface area contributed by atoms with Gasteiger partial charge in [-0.05, 0) is 49.0 Å². The lowest BCUT2D eigenvalue weighted by molar-refractivity contribution is -0.137. The number of carboxylic acids is 1. The summed E-state index contributed by atoms with van der Waals surface area (Å²) < 4.78 is 1.55. The first kappa shape index (κ1) is 20.8. The van der Waals surface area contributed by atoms with Crippen molar-refractivity contribution >= 4 is 69.4 Å². The molecule has 7 nitrogen and oxygen atoms in total. The molecule has 0 radical (unpaired) electrons. The van der Waals surface area contributed by atoms with E-state index in [0.29, 0.717) is 21.8 Å². The van der Waals surface area contributed by atoms with E-state index in [2.05, 4.69) is 5.32 Å². The lowest BCUT2D eigenvalue weighted by atomic mass is 10.1. The molecule has 1 saturated heterocycles. The number of rotatable bonds is 4. The van der Waals surface area contributed by atoms with Gasteiger partial charge in [0.05, 0.1) is 5.69 Å². The van der Waals surface area contributed by atoms with Crippen molar-refractivity contribution in [3.05, 3.63) is 70.4 Å². The Hall–Kier alpha value is -3.49. The lowest BCUT2D eigenvalue weighted by Crippen LogP contribution is -2.54. The van der Waals surface area contributed by atoms with Gasteiger partial charge in [-0.15, -0.1) is 0 Å². The van der Waals surface area contributed by atoms with Gasteiger partial charge >= 0.3 is 5.97 Å². The molecule has 0 aliphatic carbocycles. The Labute approximate surface area is 187 Å². The molecule has 9 heteroatoms. The number of benzene rings is 2. The molecular weight excluding hydrogens is 438 g/mol. The van der Waals surface area contributed by atoms with Crippen LogP contribution in [0.15, 0.2) is 54.2 Å². The van der Waals surface area contributed by atoms with Gasteiger partial charge in [-0.25, -0.2) is 0 Å². The van der Waals surface area contributed by atoms with Crippen molar-refractivity contribution in [2.24, 2.45) is 0 Å². The monoisotopic (exact) mass is 453 g/mol. The predicted molar refractivity (Wildman–Crippen MR) is 122 cm³/mol. The molecule has 0 spiro atoms. The summed E-state index contributed by atoms with van der Waals surface area (Å²) in [7, 11) is 0. The average Bonchev–Trinajstić information content (AvgIpc) is 3.04. The maximum Gasteiger partial charge on any atom is 0.323 e. The standard InChI is InChI=1S/C22H16ClN3O4S/c1-12-6-7-14(9-17(12)23)26-21(30)16(20(29)24-22(26)31)8-13-10-25(11-19(27)28)18-5-3-2-4-15(13)18/h2-10H,11H2,1H3,(H,27,28)(H,24,29,31)/b16-8+. The fourth-order valence-corrected chi connectivity index (χ4v) is 3.89. The fourth-order valence-electron chi connectivity index (χ4n) is 3.44. The molecule has 1 fully saturated rings. The SMILES string of the molecule is Cc1ccc(N2C(=O)/C(=C/c3cn(CC(=O)O)c4ccccc34)C(=O)NC2=S)cc1Cl. The third kappa shape index (κ3) is 3.83. The molecule has 0 unspecified atom stereocenters. The van der Waals surface area contributed by atoms with Crippen molar-refractivity contribution in [2.75, 3.05) is 4.90 Å². The zero-order chi connectivity index (χ0) is 22.3. The van der Waals surface area contributed by atoms with E-state index in [1.807, 2.05) is 6.92 Å². The highest BCUT2D eigenvalue weighted by Gasteiger charge is 2.34. The van der Waals surface area contributed by atoms with Crippen LogP contribution < -0.4 is 10.2 Å². The molecule has 0 saturated carbocycles. The summed E-state index contributed by atoms with van der Waals surface area (Å²) >= 11 is 11.4. The van der Waals surface area contributed by atoms with Crippen molar-refractivity contribution in [3.63, 3.8) is 0 Å². The molecule has 0 bridgehead atoms. The second-order valence-corrected chi connectivity index (χ2v) is 7.81. The van der Waals surface area contributed by atoms with Crippen LogP contribution in [0, 0.1) is 6.92 Å². The van der Waals surface area contributed by atoms with Crippen LogP contribution in [0.3, 0.4) is 0 Å². The molecule has 0 atom stereocenters. The van der Waals surface area contributed by atoms with Gasteiger partial charge in [-0.1, -0.05) is 35.9 Å². The molecule has 31 heavy (non-hydrogen) atoms. The normalized spacial score (nSPS) is 15.6. The van der Waals surface area contributed by atoms with Crippen LogP contribution in [0.4, 0.5) is 5.69 Å². The first-order valence-electron chi connectivity index (χ1n) is 9.23. The number of carbonyl (C=O) groups is 3. The van der Waals surface area contributed by atoms with E-state index in [1.54, 1.807) is 53.2 Å². The summed E-state index contributed by atoms with van der Waals surface area (Å²) in [5, 5.41) is 12.9. The van der Waals surface area contributed by atoms with E-state index in [0.717, 1.165) is 10.9 Å². The largest absolute Gasteiger partial charge is 0.480 e. The molecule has 1 aromatic heterocycles. The van der Waals surface area contributed by atoms with E-state index in [4.69, 9.17) is 23.8 Å². The van der Waals surface area contributed by atoms with Crippen LogP contribution in [0.5, 0.6) is 0 Å². The number of halogens is 1. The fraction of sp³-hybridized carbons (Fsp3) is 0.0909. The second-order valence-electron chi connectivity index (χ2n) is 7.01. The van der Waals surface area contributed by atoms with Gasteiger partial charge in [0.1, 0.15) is 12.1 Å². The minimum Gasteiger partial charge on any atom is -0.480 e. The molecular formula is C22H16ClN3O4S. The van der Waals surface area contributed by atoms with Gasteiger partial charge in [0.2, 0.25) is 0 Å². The van der Waals surface area contributed by atoms with Crippen molar-refractivity contribution in [3.8, 4) is 0 Å². The number of aryl methyl sites for hydroxylation is 1. The van der Waals surface area contributed by atoms with Gasteiger partial charge in [-0.2, -0.15) is 0 Å². The van der Waals surface area contributed by atoms with Crippen molar-refractivity contribution in [2.45, 2.75) is 13.5 Å². The lowest BCUT2D eigenvalue weighted by Gasteiger charge is -2.29. The number of amides is 2. The molecule has 2 heterocycles. The number of fused-ring (bicyclic) bond motifs is 1. The molecule has 1 aliphatic rings. The molecule has 1 aliphatic heterocycles. The van der Waals surface area contributed by atoms with E-state index < -0.39 is 17.8 Å². The van der Waals surface area contributed by atoms with Crippen LogP contribution >= 0.6 is 23.8 Å². The first-order valence-corrected chi connectivity index (χ1v) is 10.0. The number of nitrogens with zero attached hydrogens (tertiary/aromatic N) is 2. The molecule has 2 aromatic carbocycles. The maximum absolute atomic E-state index is 13.2. The second kappa shape index (κ2) is 7.98. The number of aromatic nitrogens is 1. The summed E-state index contributed by atoms with van der Waals surface area (Å²) in [6, 6.07) is 12.2. The Morgan fingerprint density at radius 1 is 1.23 bits per heavy atom. The Morgan fingerprint density at radius 2 is 1.97 bits per heavy atom. The summed E-state index contributed by atoms with van der Waals surface area (Å²) in [6.07, 6.45) is 3.05. The molecule has 4 rings (SSSR count). The van der Waals surface area contributed by atoms with E-state index >= 15 is 0 Å². The Morgan fingerprint density at radius 3 is 2.68 bits per heavy atom. The van der Waals surface area contributed by atoms with E-state index in [9.17, 15) is 19.5 Å². The Bertz CT molecular complexity index is 1310. The highest BCUT2D eigenvalue weighted by Crippen LogP contribution is 2.28. The summed E-state index contributed by atoms with van der Waals surface area (Å²) in [4.78, 5) is 38.3. The van der Waals surface area contributed by atoms with Crippen molar-refractivity contribution in [1.82, 2.24) is 9.88 Å². The van der Waals surface area contributed by atoms with Crippen LogP contribution in [0.25, 0.3) is 17.0 Å². The van der Waals surface area contributed by atoms with Gasteiger partial charge in [0.15, 0.2) is 5.11 Å². The number of carbonyl (C=O) groups excluding carboxylic acids is 2. The number of nitrogens with one attached hydrogen (secondary N) is 1. The molecule has 2 N–H and O–H groups in total.